The molecule has 4 aromatic carbocycles. The largest absolute Gasteiger partial charge is 0.318 e. The van der Waals surface area contributed by atoms with Gasteiger partial charge in [-0.3, -0.25) is 0 Å². The fourth-order valence-electron chi connectivity index (χ4n) is 2.81. The van der Waals surface area contributed by atoms with Gasteiger partial charge in [0.15, 0.2) is 0 Å². The molecule has 0 aliphatic heterocycles. The molecule has 0 aliphatic rings. The maximum atomic E-state index is 2.24. The van der Waals surface area contributed by atoms with Gasteiger partial charge in [0.25, 0.3) is 0 Å². The Bertz CT molecular complexity index is 835. The van der Waals surface area contributed by atoms with Crippen molar-refractivity contribution in [1.82, 2.24) is 0 Å². The number of hydrogen-bond donors (Lipinski definition) is 0. The molecule has 0 heterocycles. The predicted molar refractivity (Wildman–Crippen MR) is 134 cm³/mol. The maximum Gasteiger partial charge on any atom is 0.0588 e. The molecule has 4 aromatic rings. The van der Waals surface area contributed by atoms with E-state index in [4.69, 9.17) is 0 Å². The topological polar surface area (TPSA) is 3.24 Å². The molecule has 140 valence electrons. The first-order valence-electron chi connectivity index (χ1n) is 9.15. The minimum absolute atomic E-state index is 0.446. The number of nitrogens with zero attached hydrogens (tertiary/aromatic N) is 1. The second-order valence-corrected chi connectivity index (χ2v) is 9.82. The van der Waals surface area contributed by atoms with E-state index in [1.165, 1.54) is 21.6 Å². The number of benzene rings is 4. The van der Waals surface area contributed by atoms with Gasteiger partial charge < -0.3 is 3.11 Å². The molecule has 28 heavy (non-hydrogen) atoms. The fourth-order valence-corrected chi connectivity index (χ4v) is 5.44. The van der Waals surface area contributed by atoms with Gasteiger partial charge in [0.1, 0.15) is 0 Å². The van der Waals surface area contributed by atoms with Crippen LogP contribution in [0.4, 0.5) is 5.69 Å². The normalized spacial score (nSPS) is 10.1. The van der Waals surface area contributed by atoms with Crippen LogP contribution >= 0.6 is 30.8 Å². The van der Waals surface area contributed by atoms with Gasteiger partial charge in [-0.25, -0.2) is 0 Å². The zero-order valence-electron chi connectivity index (χ0n) is 15.8. The van der Waals surface area contributed by atoms with Crippen LogP contribution in [0.1, 0.15) is 0 Å². The third kappa shape index (κ3) is 5.92. The zero-order valence-corrected chi connectivity index (χ0v) is 18.9. The number of anilines is 1. The van der Waals surface area contributed by atoms with E-state index in [0.717, 1.165) is 0 Å². The van der Waals surface area contributed by atoms with Gasteiger partial charge >= 0.3 is 0 Å². The van der Waals surface area contributed by atoms with Crippen molar-refractivity contribution in [2.24, 2.45) is 0 Å². The van der Waals surface area contributed by atoms with Crippen molar-refractivity contribution >= 4 is 52.4 Å². The first kappa shape index (κ1) is 20.6. The maximum absolute atomic E-state index is 2.24. The summed E-state index contributed by atoms with van der Waals surface area (Å²) in [5.74, 6) is 0. The molecule has 4 rings (SSSR count). The fraction of sp³-hybridized carbons (Fsp3) is 0.0400. The molecule has 0 radical (unpaired) electrons. The Balaban J connectivity index is 0.000000211. The van der Waals surface area contributed by atoms with E-state index in [1.807, 2.05) is 25.2 Å². The molecule has 0 aromatic heterocycles. The van der Waals surface area contributed by atoms with Crippen molar-refractivity contribution in [2.45, 2.75) is 0 Å². The number of halogens is 1. The van der Waals surface area contributed by atoms with Crippen molar-refractivity contribution in [3.8, 4) is 0 Å². The summed E-state index contributed by atoms with van der Waals surface area (Å²) in [4.78, 5) is 0. The minimum Gasteiger partial charge on any atom is -0.318 e. The lowest BCUT2D eigenvalue weighted by Crippen LogP contribution is -2.20. The third-order valence-corrected chi connectivity index (χ3v) is 7.16. The summed E-state index contributed by atoms with van der Waals surface area (Å²) in [7, 11) is 1.58. The first-order valence-corrected chi connectivity index (χ1v) is 11.5. The molecule has 0 unspecified atom stereocenters. The Hall–Kier alpha value is -2.16. The number of rotatable bonds is 4. The Kier molecular flexibility index (Phi) is 8.07. The third-order valence-electron chi connectivity index (χ3n) is 4.16. The smallest absolute Gasteiger partial charge is 0.0588 e. The molecule has 0 saturated heterocycles. The minimum atomic E-state index is -0.446. The van der Waals surface area contributed by atoms with Crippen molar-refractivity contribution in [3.63, 3.8) is 0 Å². The zero-order chi connectivity index (χ0) is 19.6. The van der Waals surface area contributed by atoms with Gasteiger partial charge in [0.05, 0.1) is 22.9 Å². The monoisotopic (exact) mass is 495 g/mol. The molecule has 0 saturated carbocycles. The molecule has 0 N–H and O–H groups in total. The van der Waals surface area contributed by atoms with E-state index in [1.54, 1.807) is 0 Å². The average Bonchev–Trinajstić information content (AvgIpc) is 2.77. The van der Waals surface area contributed by atoms with Crippen molar-refractivity contribution < 1.29 is 0 Å². The highest BCUT2D eigenvalue weighted by atomic mass is 127. The van der Waals surface area contributed by atoms with E-state index >= 15 is 0 Å². The molecular weight excluding hydrogens is 472 g/mol. The molecule has 0 bridgehead atoms. The molecule has 3 heteroatoms. The summed E-state index contributed by atoms with van der Waals surface area (Å²) in [5, 5.41) is 4.19. The van der Waals surface area contributed by atoms with Crippen LogP contribution in [0.5, 0.6) is 0 Å². The molecule has 1 nitrogen and oxygen atoms in total. The Morgan fingerprint density at radius 1 is 0.500 bits per heavy atom. The highest BCUT2D eigenvalue weighted by Crippen LogP contribution is 2.32. The highest BCUT2D eigenvalue weighted by Gasteiger charge is 2.14. The van der Waals surface area contributed by atoms with Gasteiger partial charge in [0, 0.05) is 12.7 Å². The lowest BCUT2D eigenvalue weighted by atomic mass is 10.3. The quantitative estimate of drug-likeness (QED) is 0.193. The van der Waals surface area contributed by atoms with Gasteiger partial charge in [-0.1, -0.05) is 109 Å². The van der Waals surface area contributed by atoms with Crippen molar-refractivity contribution in [3.05, 3.63) is 121 Å². The molecule has 0 atom stereocenters. The summed E-state index contributed by atoms with van der Waals surface area (Å²) >= 11 is 2.24. The van der Waals surface area contributed by atoms with Crippen LogP contribution in [0.25, 0.3) is 0 Å². The van der Waals surface area contributed by atoms with Crippen LogP contribution in [0.3, 0.4) is 0 Å². The van der Waals surface area contributed by atoms with E-state index in [-0.39, 0.29) is 0 Å². The van der Waals surface area contributed by atoms with Crippen LogP contribution < -0.4 is 19.0 Å². The summed E-state index contributed by atoms with van der Waals surface area (Å²) in [6.45, 7) is 0. The SMILES string of the molecule is CN(I)c1ccccc1.c1ccc(P(c2ccccc2)c2ccccc2)cc1. The van der Waals surface area contributed by atoms with Crippen LogP contribution in [0, 0.1) is 0 Å². The molecule has 0 aliphatic carbocycles. The lowest BCUT2D eigenvalue weighted by molar-refractivity contribution is 1.41. The molecule has 0 amide bonds. The number of hydrogen-bond acceptors (Lipinski definition) is 1. The standard InChI is InChI=1S/C18H15P.C7H8IN/c1-4-10-16(11-5-1)19(17-12-6-2-7-13-17)18-14-8-3-9-15-18;1-9(8)7-5-3-2-4-6-7/h1-15H;2-6H,1H3. The van der Waals surface area contributed by atoms with Gasteiger partial charge in [0.2, 0.25) is 0 Å². The van der Waals surface area contributed by atoms with Crippen LogP contribution in [-0.2, 0) is 0 Å². The summed E-state index contributed by atoms with van der Waals surface area (Å²) < 4.78 is 2.05. The molecular formula is C25H23INP. The lowest BCUT2D eigenvalue weighted by Gasteiger charge is -2.18. The highest BCUT2D eigenvalue weighted by molar-refractivity contribution is 14.1. The van der Waals surface area contributed by atoms with Crippen molar-refractivity contribution in [2.75, 3.05) is 10.2 Å². The molecule has 0 fully saturated rings. The average molecular weight is 495 g/mol. The van der Waals surface area contributed by atoms with E-state index in [2.05, 4.69) is 129 Å². The van der Waals surface area contributed by atoms with E-state index in [9.17, 15) is 0 Å². The predicted octanol–water partition coefficient (Wildman–Crippen LogP) is 5.92. The van der Waals surface area contributed by atoms with Crippen LogP contribution in [0.15, 0.2) is 121 Å². The summed E-state index contributed by atoms with van der Waals surface area (Å²) in [6.07, 6.45) is 0. The van der Waals surface area contributed by atoms with Gasteiger partial charge in [-0.15, -0.1) is 0 Å². The second kappa shape index (κ2) is 11.0. The van der Waals surface area contributed by atoms with E-state index < -0.39 is 7.92 Å². The summed E-state index contributed by atoms with van der Waals surface area (Å²) in [6, 6.07) is 42.6. The molecule has 0 spiro atoms. The van der Waals surface area contributed by atoms with Crippen LogP contribution in [-0.4, -0.2) is 7.05 Å². The van der Waals surface area contributed by atoms with Gasteiger partial charge in [-0.2, -0.15) is 0 Å². The second-order valence-electron chi connectivity index (χ2n) is 6.15. The Morgan fingerprint density at radius 2 is 0.786 bits per heavy atom. The van der Waals surface area contributed by atoms with E-state index in [0.29, 0.717) is 0 Å². The van der Waals surface area contributed by atoms with Gasteiger partial charge in [-0.05, 0) is 36.0 Å². The number of para-hydroxylation sites is 1. The first-order chi connectivity index (χ1) is 13.8. The summed E-state index contributed by atoms with van der Waals surface area (Å²) in [5.41, 5.74) is 1.23. The Labute approximate surface area is 183 Å². The Morgan fingerprint density at radius 3 is 1.04 bits per heavy atom. The van der Waals surface area contributed by atoms with Crippen molar-refractivity contribution in [1.29, 1.82) is 0 Å². The van der Waals surface area contributed by atoms with Crippen LogP contribution in [0.2, 0.25) is 0 Å².